The van der Waals surface area contributed by atoms with Gasteiger partial charge in [0.1, 0.15) is 5.82 Å². The average Bonchev–Trinajstić information content (AvgIpc) is 3.15. The summed E-state index contributed by atoms with van der Waals surface area (Å²) in [5.41, 5.74) is 4.22. The third-order valence-electron chi connectivity index (χ3n) is 3.74. The molecule has 0 fully saturated rings. The van der Waals surface area contributed by atoms with E-state index >= 15 is 0 Å². The van der Waals surface area contributed by atoms with Gasteiger partial charge in [0, 0.05) is 29.7 Å². The summed E-state index contributed by atoms with van der Waals surface area (Å²) >= 11 is 0. The summed E-state index contributed by atoms with van der Waals surface area (Å²) in [7, 11) is 0. The van der Waals surface area contributed by atoms with Gasteiger partial charge in [-0.15, -0.1) is 0 Å². The van der Waals surface area contributed by atoms with Crippen molar-refractivity contribution >= 4 is 11.6 Å². The van der Waals surface area contributed by atoms with Gasteiger partial charge < -0.3 is 10.3 Å². The van der Waals surface area contributed by atoms with Crippen LogP contribution in [0.4, 0.5) is 5.69 Å². The Morgan fingerprint density at radius 2 is 2.17 bits per heavy atom. The third-order valence-corrected chi connectivity index (χ3v) is 3.74. The van der Waals surface area contributed by atoms with E-state index < -0.39 is 0 Å². The monoisotopic (exact) mass is 309 g/mol. The third kappa shape index (κ3) is 3.15. The first kappa shape index (κ1) is 15.0. The number of H-pyrrole nitrogens is 1. The Morgan fingerprint density at radius 3 is 2.83 bits per heavy atom. The molecule has 0 aliphatic rings. The van der Waals surface area contributed by atoms with Crippen LogP contribution in [0.2, 0.25) is 0 Å². The van der Waals surface area contributed by atoms with Crippen LogP contribution >= 0.6 is 0 Å². The predicted octanol–water partition coefficient (Wildman–Crippen LogP) is 3.16. The second-order valence-corrected chi connectivity index (χ2v) is 5.42. The van der Waals surface area contributed by atoms with Crippen LogP contribution in [0.1, 0.15) is 28.7 Å². The zero-order valence-electron chi connectivity index (χ0n) is 13.4. The number of nitrogens with one attached hydrogen (secondary N) is 2. The minimum atomic E-state index is -0.173. The van der Waals surface area contributed by atoms with Gasteiger partial charge in [-0.25, -0.2) is 4.98 Å². The Morgan fingerprint density at radius 1 is 1.35 bits per heavy atom. The Hall–Kier alpha value is -2.89. The van der Waals surface area contributed by atoms with Crippen LogP contribution in [0.15, 0.2) is 36.7 Å². The lowest BCUT2D eigenvalue weighted by Gasteiger charge is -2.05. The second-order valence-electron chi connectivity index (χ2n) is 5.42. The van der Waals surface area contributed by atoms with Crippen molar-refractivity contribution < 1.29 is 4.79 Å². The molecule has 1 aromatic carbocycles. The molecule has 0 unspecified atom stereocenters. The van der Waals surface area contributed by atoms with Crippen LogP contribution in [-0.4, -0.2) is 25.7 Å². The maximum atomic E-state index is 12.3. The van der Waals surface area contributed by atoms with Crippen molar-refractivity contribution in [1.29, 1.82) is 0 Å². The fourth-order valence-corrected chi connectivity index (χ4v) is 2.29. The molecule has 118 valence electrons. The molecule has 0 aliphatic heterocycles. The topological polar surface area (TPSA) is 75.6 Å². The number of aromatic amines is 1. The van der Waals surface area contributed by atoms with E-state index in [0.717, 1.165) is 35.0 Å². The first-order chi connectivity index (χ1) is 11.1. The maximum absolute atomic E-state index is 12.3. The van der Waals surface area contributed by atoms with Crippen molar-refractivity contribution in [3.63, 3.8) is 0 Å². The van der Waals surface area contributed by atoms with Gasteiger partial charge in [0.25, 0.3) is 5.91 Å². The van der Waals surface area contributed by atoms with Crippen LogP contribution in [0.5, 0.6) is 0 Å². The molecule has 0 saturated heterocycles. The normalized spacial score (nSPS) is 10.7. The number of hydrogen-bond acceptors (Lipinski definition) is 3. The molecule has 23 heavy (non-hydrogen) atoms. The number of imidazole rings is 1. The quantitative estimate of drug-likeness (QED) is 0.777. The van der Waals surface area contributed by atoms with Gasteiger partial charge >= 0.3 is 0 Å². The van der Waals surface area contributed by atoms with Gasteiger partial charge in [-0.1, -0.05) is 12.1 Å². The molecule has 0 radical (unpaired) electrons. The van der Waals surface area contributed by atoms with E-state index in [1.165, 1.54) is 0 Å². The summed E-state index contributed by atoms with van der Waals surface area (Å²) in [5.74, 6) is 0.628. The number of carbonyl (C=O) groups excluding carboxylic acids is 1. The Bertz CT molecular complexity index is 827. The minimum Gasteiger partial charge on any atom is -0.342 e. The van der Waals surface area contributed by atoms with Crippen molar-refractivity contribution in [2.75, 3.05) is 5.32 Å². The van der Waals surface area contributed by atoms with E-state index in [4.69, 9.17) is 0 Å². The number of anilines is 1. The van der Waals surface area contributed by atoms with Crippen LogP contribution in [-0.2, 0) is 6.54 Å². The van der Waals surface area contributed by atoms with Gasteiger partial charge in [-0.2, -0.15) is 5.10 Å². The molecule has 0 atom stereocenters. The van der Waals surface area contributed by atoms with Crippen LogP contribution in [0, 0.1) is 13.8 Å². The molecule has 2 N–H and O–H groups in total. The first-order valence-corrected chi connectivity index (χ1v) is 7.54. The van der Waals surface area contributed by atoms with E-state index in [-0.39, 0.29) is 5.91 Å². The molecule has 2 heterocycles. The van der Waals surface area contributed by atoms with Gasteiger partial charge in [-0.05, 0) is 32.9 Å². The van der Waals surface area contributed by atoms with Crippen molar-refractivity contribution in [3.05, 3.63) is 53.6 Å². The van der Waals surface area contributed by atoms with Crippen molar-refractivity contribution in [2.45, 2.75) is 27.3 Å². The highest BCUT2D eigenvalue weighted by molar-refractivity contribution is 6.04. The number of aryl methyl sites for hydroxylation is 3. The fourth-order valence-electron chi connectivity index (χ4n) is 2.29. The summed E-state index contributed by atoms with van der Waals surface area (Å²) < 4.78 is 1.72. The summed E-state index contributed by atoms with van der Waals surface area (Å²) in [5, 5.41) is 7.01. The number of hydrogen-bond donors (Lipinski definition) is 2. The number of nitrogens with zero attached hydrogens (tertiary/aromatic N) is 3. The Balaban J connectivity index is 1.81. The molecular weight excluding hydrogens is 290 g/mol. The van der Waals surface area contributed by atoms with E-state index in [0.29, 0.717) is 5.56 Å². The van der Waals surface area contributed by atoms with Crippen LogP contribution in [0.3, 0.4) is 0 Å². The lowest BCUT2D eigenvalue weighted by molar-refractivity contribution is 0.102. The molecule has 0 spiro atoms. The first-order valence-electron chi connectivity index (χ1n) is 7.54. The molecule has 1 amide bonds. The lowest BCUT2D eigenvalue weighted by Crippen LogP contribution is -2.11. The highest BCUT2D eigenvalue weighted by atomic mass is 16.1. The largest absolute Gasteiger partial charge is 0.342 e. The number of rotatable bonds is 4. The van der Waals surface area contributed by atoms with E-state index in [1.807, 2.05) is 45.0 Å². The number of carbonyl (C=O) groups is 1. The summed E-state index contributed by atoms with van der Waals surface area (Å²) in [6, 6.07) is 7.62. The molecule has 0 aliphatic carbocycles. The zero-order chi connectivity index (χ0) is 16.4. The summed E-state index contributed by atoms with van der Waals surface area (Å²) in [6.07, 6.45) is 3.31. The van der Waals surface area contributed by atoms with E-state index in [1.54, 1.807) is 17.1 Å². The molecule has 3 aromatic rings. The van der Waals surface area contributed by atoms with Crippen molar-refractivity contribution in [3.8, 4) is 11.4 Å². The highest BCUT2D eigenvalue weighted by Crippen LogP contribution is 2.21. The highest BCUT2D eigenvalue weighted by Gasteiger charge is 2.10. The molecule has 6 nitrogen and oxygen atoms in total. The Kier molecular flexibility index (Phi) is 3.97. The average molecular weight is 309 g/mol. The van der Waals surface area contributed by atoms with Gasteiger partial charge in [-0.3, -0.25) is 9.48 Å². The minimum absolute atomic E-state index is 0.173. The predicted molar refractivity (Wildman–Crippen MR) is 89.4 cm³/mol. The lowest BCUT2D eigenvalue weighted by atomic mass is 10.2. The van der Waals surface area contributed by atoms with Gasteiger partial charge in [0.2, 0.25) is 0 Å². The zero-order valence-corrected chi connectivity index (χ0v) is 13.4. The Labute approximate surface area is 134 Å². The molecular formula is C17H19N5O. The van der Waals surface area contributed by atoms with Gasteiger partial charge in [0.15, 0.2) is 0 Å². The fraction of sp³-hybridized carbons (Fsp3) is 0.235. The molecule has 0 saturated carbocycles. The van der Waals surface area contributed by atoms with E-state index in [2.05, 4.69) is 20.4 Å². The molecule has 0 bridgehead atoms. The van der Waals surface area contributed by atoms with Crippen molar-refractivity contribution in [1.82, 2.24) is 19.7 Å². The van der Waals surface area contributed by atoms with Crippen LogP contribution in [0.25, 0.3) is 11.4 Å². The van der Waals surface area contributed by atoms with Crippen molar-refractivity contribution in [2.24, 2.45) is 0 Å². The molecule has 6 heteroatoms. The SMILES string of the molecule is CCn1cc(C(=O)Nc2cccc(-c3nc(C)c(C)[nH]3)c2)cn1. The standard InChI is InChI=1S/C17H19N5O/c1-4-22-10-14(9-18-22)17(23)21-15-7-5-6-13(8-15)16-19-11(2)12(3)20-16/h5-10H,4H2,1-3H3,(H,19,20)(H,21,23). The summed E-state index contributed by atoms with van der Waals surface area (Å²) in [6.45, 7) is 6.67. The molecule has 3 rings (SSSR count). The second kappa shape index (κ2) is 6.08. The van der Waals surface area contributed by atoms with Crippen LogP contribution < -0.4 is 5.32 Å². The van der Waals surface area contributed by atoms with E-state index in [9.17, 15) is 4.79 Å². The number of benzene rings is 1. The van der Waals surface area contributed by atoms with Gasteiger partial charge in [0.05, 0.1) is 17.5 Å². The maximum Gasteiger partial charge on any atom is 0.258 e. The molecule has 2 aromatic heterocycles. The number of amides is 1. The summed E-state index contributed by atoms with van der Waals surface area (Å²) in [4.78, 5) is 20.0. The smallest absolute Gasteiger partial charge is 0.258 e. The number of aromatic nitrogens is 4.